The van der Waals surface area contributed by atoms with E-state index in [2.05, 4.69) is 0 Å². The van der Waals surface area contributed by atoms with Gasteiger partial charge in [0.15, 0.2) is 0 Å². The Kier molecular flexibility index (Phi) is 5.04. The molecule has 1 saturated heterocycles. The Bertz CT molecular complexity index is 450. The predicted octanol–water partition coefficient (Wildman–Crippen LogP) is 2.46. The molecular weight excluding hydrogens is 293 g/mol. The van der Waals surface area contributed by atoms with Gasteiger partial charge in [0.1, 0.15) is 0 Å². The maximum Gasteiger partial charge on any atom is 0.0589 e. The number of nitrogens with two attached hydrogens (primary N) is 1. The summed E-state index contributed by atoms with van der Waals surface area (Å²) in [6.45, 7) is 1.39. The molecule has 6 heteroatoms. The van der Waals surface area contributed by atoms with Gasteiger partial charge in [0.2, 0.25) is 0 Å². The Labute approximate surface area is 119 Å². The minimum atomic E-state index is -1.23. The third kappa shape index (κ3) is 3.45. The fourth-order valence-corrected chi connectivity index (χ4v) is 3.90. The van der Waals surface area contributed by atoms with Gasteiger partial charge in [0.25, 0.3) is 0 Å². The van der Waals surface area contributed by atoms with Gasteiger partial charge in [-0.25, -0.2) is 0 Å². The fraction of sp³-hybridized carbons (Fsp3) is 0.500. The van der Waals surface area contributed by atoms with E-state index in [-0.39, 0.29) is 12.0 Å². The van der Waals surface area contributed by atoms with Gasteiger partial charge in [-0.15, -0.1) is 0 Å². The first-order valence-electron chi connectivity index (χ1n) is 5.74. The Morgan fingerprint density at radius 3 is 2.94 bits per heavy atom. The van der Waals surface area contributed by atoms with E-state index in [0.717, 1.165) is 13.0 Å². The molecule has 0 amide bonds. The van der Waals surface area contributed by atoms with Crippen LogP contribution >= 0.6 is 23.2 Å². The van der Waals surface area contributed by atoms with E-state index >= 15 is 0 Å². The lowest BCUT2D eigenvalue weighted by molar-refractivity contribution is 0.182. The summed E-state index contributed by atoms with van der Waals surface area (Å²) in [6.07, 6.45) is 0.932. The molecule has 3 nitrogen and oxygen atoms in total. The van der Waals surface area contributed by atoms with E-state index in [1.807, 2.05) is 0 Å². The van der Waals surface area contributed by atoms with Crippen molar-refractivity contribution >= 4 is 34.0 Å². The molecular formula is C12H15Cl2NO2S. The van der Waals surface area contributed by atoms with Crippen molar-refractivity contribution in [2.75, 3.05) is 19.0 Å². The van der Waals surface area contributed by atoms with E-state index in [0.29, 0.717) is 27.3 Å². The molecule has 100 valence electrons. The molecule has 0 aromatic heterocycles. The molecule has 2 N–H and O–H groups in total. The third-order valence-electron chi connectivity index (χ3n) is 3.05. The van der Waals surface area contributed by atoms with Crippen LogP contribution in [0.1, 0.15) is 6.42 Å². The highest BCUT2D eigenvalue weighted by Gasteiger charge is 2.25. The summed E-state index contributed by atoms with van der Waals surface area (Å²) in [6, 6.07) is 4.83. The van der Waals surface area contributed by atoms with Crippen molar-refractivity contribution in [3.63, 3.8) is 0 Å². The van der Waals surface area contributed by atoms with E-state index in [1.165, 1.54) is 0 Å². The lowest BCUT2D eigenvalue weighted by Gasteiger charge is -2.17. The minimum absolute atomic E-state index is 0.136. The van der Waals surface area contributed by atoms with Gasteiger partial charge < -0.3 is 10.5 Å². The first-order chi connectivity index (χ1) is 8.58. The molecule has 1 heterocycles. The molecule has 2 rings (SSSR count). The molecule has 1 aromatic carbocycles. The molecule has 0 bridgehead atoms. The highest BCUT2D eigenvalue weighted by atomic mass is 35.5. The van der Waals surface area contributed by atoms with Gasteiger partial charge >= 0.3 is 0 Å². The van der Waals surface area contributed by atoms with Gasteiger partial charge in [0.05, 0.1) is 27.3 Å². The first-order valence-corrected chi connectivity index (χ1v) is 7.82. The zero-order valence-corrected chi connectivity index (χ0v) is 12.1. The molecule has 1 fully saturated rings. The van der Waals surface area contributed by atoms with Gasteiger partial charge in [-0.3, -0.25) is 4.21 Å². The van der Waals surface area contributed by atoms with Crippen LogP contribution in [0, 0.1) is 5.92 Å². The summed E-state index contributed by atoms with van der Waals surface area (Å²) in [7, 11) is -1.23. The van der Waals surface area contributed by atoms with Crippen LogP contribution in [0.4, 0.5) is 0 Å². The summed E-state index contributed by atoms with van der Waals surface area (Å²) in [5.74, 6) is 0.667. The van der Waals surface area contributed by atoms with Gasteiger partial charge in [-0.1, -0.05) is 23.2 Å². The average molecular weight is 308 g/mol. The normalized spacial score (nSPS) is 22.9. The van der Waals surface area contributed by atoms with Crippen LogP contribution in [0.3, 0.4) is 0 Å². The van der Waals surface area contributed by atoms with Crippen molar-refractivity contribution in [1.29, 1.82) is 0 Å². The third-order valence-corrected chi connectivity index (χ3v) is 5.25. The van der Waals surface area contributed by atoms with Crippen molar-refractivity contribution in [3.05, 3.63) is 28.2 Å². The Hall–Kier alpha value is -0.130. The number of ether oxygens (including phenoxy) is 1. The van der Waals surface area contributed by atoms with E-state index < -0.39 is 10.8 Å². The molecule has 1 aromatic rings. The second kappa shape index (κ2) is 6.35. The van der Waals surface area contributed by atoms with Crippen LogP contribution in [0.5, 0.6) is 0 Å². The zero-order chi connectivity index (χ0) is 13.1. The molecule has 1 aliphatic rings. The van der Waals surface area contributed by atoms with Crippen LogP contribution in [0.2, 0.25) is 10.0 Å². The second-order valence-corrected chi connectivity index (χ2v) is 6.68. The van der Waals surface area contributed by atoms with Gasteiger partial charge in [-0.2, -0.15) is 0 Å². The number of hydrogen-bond donors (Lipinski definition) is 1. The predicted molar refractivity (Wildman–Crippen MR) is 74.6 cm³/mol. The molecule has 0 aliphatic carbocycles. The van der Waals surface area contributed by atoms with E-state index in [9.17, 15) is 4.21 Å². The molecule has 0 saturated carbocycles. The summed E-state index contributed by atoms with van der Waals surface area (Å²) in [4.78, 5) is 0.554. The molecule has 18 heavy (non-hydrogen) atoms. The average Bonchev–Trinajstić information content (AvgIpc) is 2.85. The van der Waals surface area contributed by atoms with Crippen molar-refractivity contribution < 1.29 is 8.95 Å². The Morgan fingerprint density at radius 2 is 2.28 bits per heavy atom. The number of rotatable bonds is 4. The summed E-state index contributed by atoms with van der Waals surface area (Å²) >= 11 is 11.9. The van der Waals surface area contributed by atoms with Gasteiger partial charge in [-0.05, 0) is 24.6 Å². The van der Waals surface area contributed by atoms with Crippen molar-refractivity contribution in [3.8, 4) is 0 Å². The van der Waals surface area contributed by atoms with E-state index in [1.54, 1.807) is 18.2 Å². The molecule has 1 aliphatic heterocycles. The minimum Gasteiger partial charge on any atom is -0.381 e. The number of benzene rings is 1. The summed E-state index contributed by atoms with van der Waals surface area (Å²) in [5.41, 5.74) is 6.06. The highest BCUT2D eigenvalue weighted by Crippen LogP contribution is 2.25. The van der Waals surface area contributed by atoms with Crippen molar-refractivity contribution in [1.82, 2.24) is 0 Å². The first kappa shape index (κ1) is 14.3. The van der Waals surface area contributed by atoms with Crippen LogP contribution < -0.4 is 5.73 Å². The summed E-state index contributed by atoms with van der Waals surface area (Å²) in [5, 5.41) is 0.994. The topological polar surface area (TPSA) is 52.3 Å². The van der Waals surface area contributed by atoms with Crippen LogP contribution in [-0.4, -0.2) is 29.2 Å². The highest BCUT2D eigenvalue weighted by molar-refractivity contribution is 7.85. The SMILES string of the molecule is NC(CS(=O)c1cc(Cl)ccc1Cl)C1CCOC1. The maximum atomic E-state index is 12.2. The number of hydrogen-bond acceptors (Lipinski definition) is 3. The smallest absolute Gasteiger partial charge is 0.0589 e. The fourth-order valence-electron chi connectivity index (χ4n) is 1.94. The van der Waals surface area contributed by atoms with Crippen molar-refractivity contribution in [2.45, 2.75) is 17.4 Å². The Balaban J connectivity index is 2.04. The number of halogens is 2. The van der Waals surface area contributed by atoms with E-state index in [4.69, 9.17) is 33.7 Å². The molecule has 3 atom stereocenters. The van der Waals surface area contributed by atoms with Crippen molar-refractivity contribution in [2.24, 2.45) is 11.7 Å². The van der Waals surface area contributed by atoms with Crippen LogP contribution in [0.15, 0.2) is 23.1 Å². The standard InChI is InChI=1S/C12H15Cl2NO2S/c13-9-1-2-10(14)12(5-9)18(16)7-11(15)8-3-4-17-6-8/h1-2,5,8,11H,3-4,6-7,15H2. The quantitative estimate of drug-likeness (QED) is 0.929. The lowest BCUT2D eigenvalue weighted by Crippen LogP contribution is -2.35. The monoisotopic (exact) mass is 307 g/mol. The lowest BCUT2D eigenvalue weighted by atomic mass is 10.0. The maximum absolute atomic E-state index is 12.2. The zero-order valence-electron chi connectivity index (χ0n) is 9.77. The van der Waals surface area contributed by atoms with Crippen LogP contribution in [0.25, 0.3) is 0 Å². The van der Waals surface area contributed by atoms with Crippen LogP contribution in [-0.2, 0) is 15.5 Å². The Morgan fingerprint density at radius 1 is 1.50 bits per heavy atom. The molecule has 0 spiro atoms. The largest absolute Gasteiger partial charge is 0.381 e. The molecule has 0 radical (unpaired) electrons. The summed E-state index contributed by atoms with van der Waals surface area (Å²) < 4.78 is 17.5. The van der Waals surface area contributed by atoms with Gasteiger partial charge in [0, 0.05) is 29.3 Å². The molecule has 3 unspecified atom stereocenters. The second-order valence-electron chi connectivity index (χ2n) is 4.37.